The van der Waals surface area contributed by atoms with Crippen molar-refractivity contribution in [1.82, 2.24) is 0 Å². The summed E-state index contributed by atoms with van der Waals surface area (Å²) in [6.45, 7) is 4.40. The normalized spacial score (nSPS) is 11.7. The fourth-order valence-electron chi connectivity index (χ4n) is 7.60. The average Bonchev–Trinajstić information content (AvgIpc) is 3.24. The van der Waals surface area contributed by atoms with Gasteiger partial charge in [0.05, 0.1) is 0 Å². The van der Waals surface area contributed by atoms with Crippen LogP contribution in [0.3, 0.4) is 0 Å². The van der Waals surface area contributed by atoms with Crippen molar-refractivity contribution in [3.8, 4) is 23.0 Å². The predicted molar refractivity (Wildman–Crippen MR) is 271 cm³/mol. The maximum atomic E-state index is 12.1. The summed E-state index contributed by atoms with van der Waals surface area (Å²) in [6.07, 6.45) is 23.8. The van der Waals surface area contributed by atoms with Gasteiger partial charge in [-0.2, -0.15) is 33.7 Å². The summed E-state index contributed by atoms with van der Waals surface area (Å²) in [6, 6.07) is 19.7. The molecule has 0 aliphatic heterocycles. The molecule has 4 N–H and O–H groups in total. The predicted octanol–water partition coefficient (Wildman–Crippen LogP) is 11.6. The first-order valence-electron chi connectivity index (χ1n) is 23.0. The van der Waals surface area contributed by atoms with E-state index in [-0.39, 0.29) is 91.9 Å². The van der Waals surface area contributed by atoms with Crippen molar-refractivity contribution in [2.45, 2.75) is 175 Å². The van der Waals surface area contributed by atoms with Crippen LogP contribution in [-0.2, 0) is 53.3 Å². The molecule has 68 heavy (non-hydrogen) atoms. The number of ether oxygens (including phenoxy) is 2. The fourth-order valence-corrected chi connectivity index (χ4v) is 10.6. The summed E-state index contributed by atoms with van der Waals surface area (Å²) in [5.41, 5.74) is 0.804. The average molecular weight is 1050 g/mol. The molecule has 0 saturated carbocycles. The van der Waals surface area contributed by atoms with Gasteiger partial charge in [-0.05, 0) is 73.2 Å². The minimum absolute atomic E-state index is 0. The van der Waals surface area contributed by atoms with Gasteiger partial charge in [0.1, 0.15) is 42.6 Å². The molecule has 0 spiro atoms. The number of benzene rings is 4. The summed E-state index contributed by atoms with van der Waals surface area (Å²) < 4.78 is 145. The summed E-state index contributed by atoms with van der Waals surface area (Å²) in [4.78, 5) is -1.75. The zero-order chi connectivity index (χ0) is 48.6. The minimum atomic E-state index is -4.63. The van der Waals surface area contributed by atoms with Crippen molar-refractivity contribution in [1.29, 1.82) is 0 Å². The first-order chi connectivity index (χ1) is 31.3. The molecule has 0 aliphatic carbocycles. The second kappa shape index (κ2) is 33.0. The van der Waals surface area contributed by atoms with Crippen LogP contribution in [0.5, 0.6) is 23.0 Å². The van der Waals surface area contributed by atoms with Gasteiger partial charge in [0, 0.05) is 0 Å². The molecular formula is C48H70Na2O14S4. The zero-order valence-corrected chi connectivity index (χ0v) is 41.4. The third kappa shape index (κ3) is 23.6. The third-order valence-electron chi connectivity index (χ3n) is 10.9. The number of unbranched alkanes of at least 4 members (excludes halogenated alkanes) is 18. The Bertz CT molecular complexity index is 2380. The Hall–Kier alpha value is -1.88. The molecule has 0 atom stereocenters. The van der Waals surface area contributed by atoms with Crippen molar-refractivity contribution >= 4 is 99.6 Å². The summed E-state index contributed by atoms with van der Waals surface area (Å²) in [5, 5.41) is 0. The van der Waals surface area contributed by atoms with Crippen molar-refractivity contribution < 1.29 is 61.4 Å². The second-order valence-electron chi connectivity index (χ2n) is 16.4. The molecule has 0 amide bonds. The summed E-state index contributed by atoms with van der Waals surface area (Å²) >= 11 is 0. The van der Waals surface area contributed by atoms with E-state index in [1.165, 1.54) is 126 Å². The topological polar surface area (TPSA) is 236 Å². The van der Waals surface area contributed by atoms with Gasteiger partial charge in [-0.1, -0.05) is 178 Å². The molecule has 0 aromatic heterocycles. The summed E-state index contributed by atoms with van der Waals surface area (Å²) in [5.74, 6) is -0.863. The van der Waals surface area contributed by atoms with Crippen LogP contribution in [-0.4, -0.2) is 111 Å². The molecule has 0 saturated heterocycles. The van der Waals surface area contributed by atoms with E-state index < -0.39 is 50.3 Å². The van der Waals surface area contributed by atoms with Crippen LogP contribution in [0.15, 0.2) is 105 Å². The van der Waals surface area contributed by atoms with E-state index in [9.17, 15) is 51.9 Å². The Kier molecular flexibility index (Phi) is 31.1. The van der Waals surface area contributed by atoms with Gasteiger partial charge < -0.3 is 9.47 Å². The van der Waals surface area contributed by atoms with E-state index in [0.717, 1.165) is 63.5 Å². The molecule has 0 aliphatic rings. The van der Waals surface area contributed by atoms with E-state index in [4.69, 9.17) is 9.47 Å². The first kappa shape index (κ1) is 64.1. The summed E-state index contributed by atoms with van der Waals surface area (Å²) in [7, 11) is -18.4. The molecule has 372 valence electrons. The van der Waals surface area contributed by atoms with E-state index in [1.54, 1.807) is 24.3 Å². The Labute approximate surface area is 450 Å². The molecule has 0 fully saturated rings. The zero-order valence-electron chi connectivity index (χ0n) is 38.1. The van der Waals surface area contributed by atoms with Crippen LogP contribution in [0, 0.1) is 0 Å². The molecule has 0 heterocycles. The molecule has 0 radical (unpaired) electrons. The van der Waals surface area contributed by atoms with Gasteiger partial charge in [-0.25, -0.2) is 0 Å². The molecule has 0 unspecified atom stereocenters. The van der Waals surface area contributed by atoms with E-state index in [1.807, 2.05) is 0 Å². The van der Waals surface area contributed by atoms with Gasteiger partial charge >= 0.3 is 59.1 Å². The van der Waals surface area contributed by atoms with Crippen LogP contribution in [0.25, 0.3) is 0 Å². The van der Waals surface area contributed by atoms with Crippen LogP contribution < -0.4 is 9.47 Å². The Balaban J connectivity index is 0.000000661. The fraction of sp³-hybridized carbons (Fsp3) is 0.500. The quantitative estimate of drug-likeness (QED) is 0.0216. The van der Waals surface area contributed by atoms with Gasteiger partial charge in [-0.3, -0.25) is 18.2 Å². The van der Waals surface area contributed by atoms with E-state index in [0.29, 0.717) is 24.0 Å². The van der Waals surface area contributed by atoms with E-state index in [2.05, 4.69) is 13.8 Å². The van der Waals surface area contributed by atoms with Crippen molar-refractivity contribution in [3.63, 3.8) is 0 Å². The van der Waals surface area contributed by atoms with Gasteiger partial charge in [0.15, 0.2) is 0 Å². The van der Waals surface area contributed by atoms with Crippen molar-refractivity contribution in [2.75, 3.05) is 0 Å². The standard InChI is InChI=1S/2C24H34O7S2.2Na.2H/c2*1-2-3-4-5-6-7-8-9-10-11-15-20-16-14-18-22(24(20)33(28,29)30)31-21-17-12-13-19-23(21)32(25,26)27;;;;/h2*12-14,16-19H,2-11,15H2,1H3,(H,25,26,27)(H,28,29,30);;;;. The number of rotatable bonds is 30. The monoisotopic (exact) mass is 1040 g/mol. The molecule has 4 rings (SSSR count). The SMILES string of the molecule is CCCCCCCCCCCCc1cccc(Oc2ccccc2S(=O)(=O)O)c1S(=O)(=O)O.CCCCCCCCCCCCc1cccc(Oc2ccccc2S(=O)(=O)O)c1S(=O)(=O)O.[NaH].[NaH]. The van der Waals surface area contributed by atoms with Gasteiger partial charge in [0.25, 0.3) is 40.5 Å². The van der Waals surface area contributed by atoms with Crippen LogP contribution in [0.2, 0.25) is 0 Å². The van der Waals surface area contributed by atoms with Gasteiger partial charge in [-0.15, -0.1) is 0 Å². The number of para-hydroxylation sites is 2. The molecule has 4 aromatic carbocycles. The molecular weight excluding hydrogens is 975 g/mol. The second-order valence-corrected chi connectivity index (χ2v) is 21.8. The number of aryl methyl sites for hydroxylation is 2. The molecule has 14 nitrogen and oxygen atoms in total. The van der Waals surface area contributed by atoms with Crippen LogP contribution >= 0.6 is 0 Å². The van der Waals surface area contributed by atoms with Crippen molar-refractivity contribution in [3.05, 3.63) is 96.1 Å². The first-order valence-corrected chi connectivity index (χ1v) is 28.7. The van der Waals surface area contributed by atoms with Crippen LogP contribution in [0.1, 0.15) is 153 Å². The molecule has 0 bridgehead atoms. The number of hydrogen-bond donors (Lipinski definition) is 4. The van der Waals surface area contributed by atoms with Crippen molar-refractivity contribution in [2.24, 2.45) is 0 Å². The Morgan fingerprint density at radius 3 is 0.882 bits per heavy atom. The third-order valence-corrected chi connectivity index (χ3v) is 14.7. The molecule has 4 aromatic rings. The van der Waals surface area contributed by atoms with Gasteiger partial charge in [0.2, 0.25) is 0 Å². The maximum absolute atomic E-state index is 12.1. The van der Waals surface area contributed by atoms with E-state index >= 15 is 0 Å². The molecule has 20 heteroatoms. The Morgan fingerprint density at radius 1 is 0.338 bits per heavy atom. The van der Waals surface area contributed by atoms with Crippen LogP contribution in [0.4, 0.5) is 0 Å². The number of hydrogen-bond acceptors (Lipinski definition) is 10. The Morgan fingerprint density at radius 2 is 0.603 bits per heavy atom.